The number of nitrogens with zero attached hydrogens (tertiary/aromatic N) is 2. The van der Waals surface area contributed by atoms with E-state index in [0.29, 0.717) is 5.89 Å². The summed E-state index contributed by atoms with van der Waals surface area (Å²) in [6, 6.07) is 10.3. The van der Waals surface area contributed by atoms with E-state index >= 15 is 0 Å². The van der Waals surface area contributed by atoms with Gasteiger partial charge in [0, 0.05) is 0 Å². The van der Waals surface area contributed by atoms with Crippen LogP contribution < -0.4 is 5.32 Å². The van der Waals surface area contributed by atoms with Crippen LogP contribution in [0.2, 0.25) is 0 Å². The first kappa shape index (κ1) is 13.7. The van der Waals surface area contributed by atoms with E-state index in [2.05, 4.69) is 48.4 Å². The fourth-order valence-electron chi connectivity index (χ4n) is 2.04. The quantitative estimate of drug-likeness (QED) is 0.896. The molecular formula is C15H21N3O. The molecule has 1 N–H and O–H groups in total. The summed E-state index contributed by atoms with van der Waals surface area (Å²) >= 11 is 0. The van der Waals surface area contributed by atoms with Gasteiger partial charge in [0.05, 0.1) is 11.5 Å². The maximum Gasteiger partial charge on any atom is 0.243 e. The Morgan fingerprint density at radius 1 is 1.26 bits per heavy atom. The largest absolute Gasteiger partial charge is 0.338 e. The summed E-state index contributed by atoms with van der Waals surface area (Å²) in [7, 11) is 0. The first-order valence-electron chi connectivity index (χ1n) is 6.68. The second-order valence-electron chi connectivity index (χ2n) is 5.23. The molecule has 0 saturated carbocycles. The van der Waals surface area contributed by atoms with Crippen molar-refractivity contribution in [3.63, 3.8) is 0 Å². The van der Waals surface area contributed by atoms with Gasteiger partial charge in [0.15, 0.2) is 5.82 Å². The highest BCUT2D eigenvalue weighted by Gasteiger charge is 2.29. The lowest BCUT2D eigenvalue weighted by Crippen LogP contribution is -2.22. The van der Waals surface area contributed by atoms with Gasteiger partial charge in [-0.15, -0.1) is 0 Å². The van der Waals surface area contributed by atoms with E-state index < -0.39 is 0 Å². The maximum absolute atomic E-state index is 5.36. The zero-order valence-corrected chi connectivity index (χ0v) is 12.0. The van der Waals surface area contributed by atoms with Gasteiger partial charge in [0.2, 0.25) is 5.89 Å². The van der Waals surface area contributed by atoms with E-state index in [-0.39, 0.29) is 11.5 Å². The Morgan fingerprint density at radius 3 is 2.58 bits per heavy atom. The van der Waals surface area contributed by atoms with E-state index in [4.69, 9.17) is 4.52 Å². The van der Waals surface area contributed by atoms with Crippen molar-refractivity contribution in [2.24, 2.45) is 0 Å². The summed E-state index contributed by atoms with van der Waals surface area (Å²) in [4.78, 5) is 4.54. The molecular weight excluding hydrogens is 238 g/mol. The Morgan fingerprint density at radius 2 is 1.95 bits per heavy atom. The normalized spacial score (nSPS) is 13.5. The van der Waals surface area contributed by atoms with E-state index in [1.807, 2.05) is 25.1 Å². The van der Waals surface area contributed by atoms with Crippen LogP contribution in [0.25, 0.3) is 0 Å². The minimum Gasteiger partial charge on any atom is -0.338 e. The summed E-state index contributed by atoms with van der Waals surface area (Å²) in [5.74, 6) is 1.36. The van der Waals surface area contributed by atoms with Crippen molar-refractivity contribution in [3.05, 3.63) is 47.6 Å². The highest BCUT2D eigenvalue weighted by molar-refractivity contribution is 5.30. The lowest BCUT2D eigenvalue weighted by atomic mass is 9.84. The van der Waals surface area contributed by atoms with Gasteiger partial charge in [-0.2, -0.15) is 4.98 Å². The van der Waals surface area contributed by atoms with Gasteiger partial charge in [-0.3, -0.25) is 0 Å². The van der Waals surface area contributed by atoms with Crippen LogP contribution in [0, 0.1) is 0 Å². The van der Waals surface area contributed by atoms with Crippen molar-refractivity contribution >= 4 is 0 Å². The predicted molar refractivity (Wildman–Crippen MR) is 75.0 cm³/mol. The summed E-state index contributed by atoms with van der Waals surface area (Å²) in [5.41, 5.74) is 0.924. The molecule has 0 radical (unpaired) electrons. The highest BCUT2D eigenvalue weighted by atomic mass is 16.5. The van der Waals surface area contributed by atoms with Gasteiger partial charge >= 0.3 is 0 Å². The molecule has 1 unspecified atom stereocenters. The molecule has 0 saturated heterocycles. The minimum absolute atomic E-state index is 0.0813. The van der Waals surface area contributed by atoms with Gasteiger partial charge in [-0.1, -0.05) is 42.4 Å². The third kappa shape index (κ3) is 2.84. The molecule has 19 heavy (non-hydrogen) atoms. The van der Waals surface area contributed by atoms with Gasteiger partial charge in [0.1, 0.15) is 0 Å². The molecule has 0 bridgehead atoms. The average Bonchev–Trinajstić information content (AvgIpc) is 2.90. The molecule has 4 heteroatoms. The van der Waals surface area contributed by atoms with Crippen molar-refractivity contribution < 1.29 is 4.52 Å². The van der Waals surface area contributed by atoms with E-state index in [1.54, 1.807) is 0 Å². The average molecular weight is 259 g/mol. The van der Waals surface area contributed by atoms with Crippen molar-refractivity contribution in [2.45, 2.75) is 39.2 Å². The van der Waals surface area contributed by atoms with Crippen LogP contribution in [0.1, 0.15) is 51.0 Å². The third-order valence-corrected chi connectivity index (χ3v) is 3.38. The molecule has 0 amide bonds. The van der Waals surface area contributed by atoms with Crippen molar-refractivity contribution in [2.75, 3.05) is 6.54 Å². The van der Waals surface area contributed by atoms with E-state index in [0.717, 1.165) is 12.4 Å². The summed E-state index contributed by atoms with van der Waals surface area (Å²) in [6.07, 6.45) is 0. The Bertz CT molecular complexity index is 519. The van der Waals surface area contributed by atoms with Crippen LogP contribution in [0.3, 0.4) is 0 Å². The molecule has 0 aliphatic heterocycles. The number of hydrogen-bond donors (Lipinski definition) is 1. The second-order valence-corrected chi connectivity index (χ2v) is 5.23. The monoisotopic (exact) mass is 259 g/mol. The lowest BCUT2D eigenvalue weighted by Gasteiger charge is -2.20. The zero-order chi connectivity index (χ0) is 13.9. The first-order chi connectivity index (χ1) is 9.05. The van der Waals surface area contributed by atoms with E-state index in [1.165, 1.54) is 5.56 Å². The van der Waals surface area contributed by atoms with Crippen LogP contribution in [-0.2, 0) is 5.41 Å². The maximum atomic E-state index is 5.36. The van der Waals surface area contributed by atoms with Crippen LogP contribution in [0.5, 0.6) is 0 Å². The van der Waals surface area contributed by atoms with Crippen LogP contribution in [0.4, 0.5) is 0 Å². The molecule has 0 spiro atoms. The molecule has 1 aromatic carbocycles. The molecule has 2 aromatic rings. The van der Waals surface area contributed by atoms with Gasteiger partial charge in [0.25, 0.3) is 0 Å². The van der Waals surface area contributed by atoms with Crippen molar-refractivity contribution in [3.8, 4) is 0 Å². The smallest absolute Gasteiger partial charge is 0.243 e. The van der Waals surface area contributed by atoms with Gasteiger partial charge < -0.3 is 9.84 Å². The predicted octanol–water partition coefficient (Wildman–Crippen LogP) is 3.07. The molecule has 0 aliphatic rings. The highest BCUT2D eigenvalue weighted by Crippen LogP contribution is 2.29. The summed E-state index contributed by atoms with van der Waals surface area (Å²) < 4.78 is 5.36. The molecule has 1 heterocycles. The number of hydrogen-bond acceptors (Lipinski definition) is 4. The fourth-order valence-corrected chi connectivity index (χ4v) is 2.04. The molecule has 0 fully saturated rings. The minimum atomic E-state index is -0.255. The van der Waals surface area contributed by atoms with Crippen molar-refractivity contribution in [1.29, 1.82) is 0 Å². The van der Waals surface area contributed by atoms with Crippen molar-refractivity contribution in [1.82, 2.24) is 15.5 Å². The molecule has 4 nitrogen and oxygen atoms in total. The van der Waals surface area contributed by atoms with Crippen LogP contribution in [-0.4, -0.2) is 16.7 Å². The standard InChI is InChI=1S/C15H21N3O/c1-5-16-11(2)13-17-14(18-19-13)15(3,4)12-9-7-6-8-10-12/h6-11,16H,5H2,1-4H3. The van der Waals surface area contributed by atoms with Gasteiger partial charge in [-0.05, 0) is 32.9 Å². The lowest BCUT2D eigenvalue weighted by molar-refractivity contribution is 0.334. The molecule has 2 rings (SSSR count). The first-order valence-corrected chi connectivity index (χ1v) is 6.68. The second kappa shape index (κ2) is 5.53. The number of benzene rings is 1. The SMILES string of the molecule is CCNC(C)c1nc(C(C)(C)c2ccccc2)no1. The molecule has 1 aromatic heterocycles. The molecule has 0 aliphatic carbocycles. The summed E-state index contributed by atoms with van der Waals surface area (Å²) in [5, 5.41) is 7.41. The topological polar surface area (TPSA) is 51.0 Å². The Labute approximate surface area is 114 Å². The number of aromatic nitrogens is 2. The zero-order valence-electron chi connectivity index (χ0n) is 12.0. The molecule has 102 valence electrons. The Kier molecular flexibility index (Phi) is 4.00. The number of rotatable bonds is 5. The van der Waals surface area contributed by atoms with Crippen LogP contribution >= 0.6 is 0 Å². The Hall–Kier alpha value is -1.68. The van der Waals surface area contributed by atoms with E-state index in [9.17, 15) is 0 Å². The van der Waals surface area contributed by atoms with Crippen LogP contribution in [0.15, 0.2) is 34.9 Å². The third-order valence-electron chi connectivity index (χ3n) is 3.38. The fraction of sp³-hybridized carbons (Fsp3) is 0.467. The molecule has 1 atom stereocenters. The number of nitrogens with one attached hydrogen (secondary N) is 1. The summed E-state index contributed by atoms with van der Waals surface area (Å²) in [6.45, 7) is 9.17. The Balaban J connectivity index is 2.27. The van der Waals surface area contributed by atoms with Gasteiger partial charge in [-0.25, -0.2) is 0 Å².